The van der Waals surface area contributed by atoms with Crippen LogP contribution in [0.15, 0.2) is 54.7 Å². The molecule has 0 saturated heterocycles. The van der Waals surface area contributed by atoms with Crippen LogP contribution in [0.4, 0.5) is 0 Å². The van der Waals surface area contributed by atoms with Gasteiger partial charge < -0.3 is 9.47 Å². The van der Waals surface area contributed by atoms with Crippen molar-refractivity contribution in [2.45, 2.75) is 12.5 Å². The molecule has 1 aliphatic rings. The predicted octanol–water partition coefficient (Wildman–Crippen LogP) is 3.76. The molecule has 0 radical (unpaired) electrons. The van der Waals surface area contributed by atoms with Crippen LogP contribution in [-0.4, -0.2) is 23.1 Å². The van der Waals surface area contributed by atoms with Gasteiger partial charge in [-0.15, -0.1) is 0 Å². The van der Waals surface area contributed by atoms with E-state index in [0.717, 1.165) is 13.1 Å². The first kappa shape index (κ1) is 12.7. The van der Waals surface area contributed by atoms with Crippen molar-refractivity contribution < 1.29 is 0 Å². The molecule has 0 amide bonds. The van der Waals surface area contributed by atoms with E-state index in [4.69, 9.17) is 0 Å². The summed E-state index contributed by atoms with van der Waals surface area (Å²) >= 11 is 0. The maximum atomic E-state index is 2.44. The minimum absolute atomic E-state index is 0.476. The van der Waals surface area contributed by atoms with E-state index in [-0.39, 0.29) is 0 Å². The summed E-state index contributed by atoms with van der Waals surface area (Å²) in [5.41, 5.74) is 5.74. The van der Waals surface area contributed by atoms with Gasteiger partial charge >= 0.3 is 0 Å². The third-order valence-electron chi connectivity index (χ3n) is 4.71. The van der Waals surface area contributed by atoms with Crippen molar-refractivity contribution in [2.24, 2.45) is 7.05 Å². The van der Waals surface area contributed by atoms with Crippen LogP contribution in [-0.2, 0) is 13.6 Å². The molecule has 1 aromatic heterocycles. The van der Waals surface area contributed by atoms with Crippen LogP contribution >= 0.6 is 0 Å². The van der Waals surface area contributed by atoms with Gasteiger partial charge in [-0.2, -0.15) is 0 Å². The molecule has 0 bridgehead atoms. The molecule has 0 spiro atoms. The zero-order chi connectivity index (χ0) is 14.4. The van der Waals surface area contributed by atoms with Gasteiger partial charge in [0.2, 0.25) is 0 Å². The second kappa shape index (κ2) is 4.74. The molecule has 0 saturated carbocycles. The van der Waals surface area contributed by atoms with E-state index >= 15 is 0 Å². The Bertz CT molecular complexity index is 786. The Morgan fingerprint density at radius 3 is 2.57 bits per heavy atom. The smallest absolute Gasteiger partial charge is 0.0481 e. The molecule has 0 aliphatic carbocycles. The summed E-state index contributed by atoms with van der Waals surface area (Å²) in [4.78, 5) is 2.44. The molecule has 2 heteroatoms. The monoisotopic (exact) mass is 276 g/mol. The lowest BCUT2D eigenvalue weighted by molar-refractivity contribution is 0.297. The molecule has 0 N–H and O–H groups in total. The van der Waals surface area contributed by atoms with Crippen molar-refractivity contribution in [1.82, 2.24) is 9.47 Å². The highest BCUT2D eigenvalue weighted by Crippen LogP contribution is 2.36. The van der Waals surface area contributed by atoms with E-state index in [9.17, 15) is 0 Å². The highest BCUT2D eigenvalue weighted by Gasteiger charge is 2.26. The van der Waals surface area contributed by atoms with Gasteiger partial charge in [-0.25, -0.2) is 0 Å². The Morgan fingerprint density at radius 1 is 0.952 bits per heavy atom. The summed E-state index contributed by atoms with van der Waals surface area (Å²) in [6, 6.07) is 17.8. The maximum Gasteiger partial charge on any atom is 0.0481 e. The molecule has 2 heterocycles. The van der Waals surface area contributed by atoms with Crippen LogP contribution < -0.4 is 0 Å². The first-order chi connectivity index (χ1) is 10.2. The van der Waals surface area contributed by atoms with Crippen molar-refractivity contribution in [3.8, 4) is 0 Å². The average Bonchev–Trinajstić information content (AvgIpc) is 2.89. The van der Waals surface area contributed by atoms with Gasteiger partial charge in [0, 0.05) is 43.2 Å². The lowest BCUT2D eigenvalue weighted by Crippen LogP contribution is -2.31. The Labute approximate surface area is 125 Å². The van der Waals surface area contributed by atoms with Crippen LogP contribution in [0.3, 0.4) is 0 Å². The lowest BCUT2D eigenvalue weighted by Gasteiger charge is -2.33. The fourth-order valence-corrected chi connectivity index (χ4v) is 3.65. The van der Waals surface area contributed by atoms with Crippen LogP contribution in [0.5, 0.6) is 0 Å². The van der Waals surface area contributed by atoms with E-state index in [2.05, 4.69) is 78.3 Å². The Hall–Kier alpha value is -2.06. The number of likely N-dealkylation sites (N-methyl/N-ethyl adjacent to an activating group) is 1. The Kier molecular flexibility index (Phi) is 2.86. The third kappa shape index (κ3) is 1.98. The van der Waals surface area contributed by atoms with Crippen molar-refractivity contribution in [3.63, 3.8) is 0 Å². The molecule has 4 rings (SSSR count). The number of hydrogen-bond acceptors (Lipinski definition) is 1. The number of fused-ring (bicyclic) bond motifs is 3. The Balaban J connectivity index is 1.93. The maximum absolute atomic E-state index is 2.44. The largest absolute Gasteiger partial charge is 0.351 e. The van der Waals surface area contributed by atoms with Crippen LogP contribution in [0.2, 0.25) is 0 Å². The average molecular weight is 276 g/mol. The van der Waals surface area contributed by atoms with Gasteiger partial charge in [0.05, 0.1) is 0 Å². The summed E-state index contributed by atoms with van der Waals surface area (Å²) in [5, 5.41) is 1.41. The number of rotatable bonds is 1. The van der Waals surface area contributed by atoms with Crippen molar-refractivity contribution in [3.05, 3.63) is 71.4 Å². The van der Waals surface area contributed by atoms with Crippen LogP contribution in [0.1, 0.15) is 22.6 Å². The standard InChI is InChI=1S/C19H20N2/c1-20-12-17(14-6-4-3-5-7-14)15-8-9-19-16(18(15)13-20)10-11-21(19)2/h3-11,17H,12-13H2,1-2H3. The van der Waals surface area contributed by atoms with Gasteiger partial charge in [0.25, 0.3) is 0 Å². The lowest BCUT2D eigenvalue weighted by atomic mass is 9.83. The molecular weight excluding hydrogens is 256 g/mol. The summed E-state index contributed by atoms with van der Waals surface area (Å²) in [7, 11) is 4.34. The van der Waals surface area contributed by atoms with E-state index in [1.165, 1.54) is 27.6 Å². The molecule has 2 aromatic carbocycles. The fourth-order valence-electron chi connectivity index (χ4n) is 3.65. The topological polar surface area (TPSA) is 8.17 Å². The molecule has 0 fully saturated rings. The molecule has 1 atom stereocenters. The number of aryl methyl sites for hydroxylation is 1. The first-order valence-corrected chi connectivity index (χ1v) is 7.54. The SMILES string of the molecule is CN1Cc2c(ccc3c2ccn3C)C(c2ccccc2)C1. The molecule has 2 nitrogen and oxygen atoms in total. The van der Waals surface area contributed by atoms with E-state index < -0.39 is 0 Å². The molecule has 1 unspecified atom stereocenters. The second-order valence-electron chi connectivity index (χ2n) is 6.15. The third-order valence-corrected chi connectivity index (χ3v) is 4.71. The summed E-state index contributed by atoms with van der Waals surface area (Å²) in [6.07, 6.45) is 2.16. The van der Waals surface area contributed by atoms with Gasteiger partial charge in [0.15, 0.2) is 0 Å². The normalized spacial score (nSPS) is 18.9. The van der Waals surface area contributed by atoms with Gasteiger partial charge in [-0.1, -0.05) is 36.4 Å². The minimum Gasteiger partial charge on any atom is -0.351 e. The van der Waals surface area contributed by atoms with E-state index in [0.29, 0.717) is 5.92 Å². The molecule has 106 valence electrons. The van der Waals surface area contributed by atoms with Gasteiger partial charge in [0.1, 0.15) is 0 Å². The van der Waals surface area contributed by atoms with E-state index in [1.807, 2.05) is 0 Å². The summed E-state index contributed by atoms with van der Waals surface area (Å²) in [6.45, 7) is 2.13. The summed E-state index contributed by atoms with van der Waals surface area (Å²) in [5.74, 6) is 0.476. The second-order valence-corrected chi connectivity index (χ2v) is 6.15. The summed E-state index contributed by atoms with van der Waals surface area (Å²) < 4.78 is 2.21. The highest BCUT2D eigenvalue weighted by molar-refractivity contribution is 5.85. The zero-order valence-electron chi connectivity index (χ0n) is 12.6. The van der Waals surface area contributed by atoms with Gasteiger partial charge in [-0.05, 0) is 35.9 Å². The minimum atomic E-state index is 0.476. The first-order valence-electron chi connectivity index (χ1n) is 7.54. The highest BCUT2D eigenvalue weighted by atomic mass is 15.1. The predicted molar refractivity (Wildman–Crippen MR) is 87.5 cm³/mol. The van der Waals surface area contributed by atoms with Crippen LogP contribution in [0.25, 0.3) is 10.9 Å². The number of benzene rings is 2. The molecule has 1 aliphatic heterocycles. The zero-order valence-corrected chi connectivity index (χ0v) is 12.6. The van der Waals surface area contributed by atoms with Crippen molar-refractivity contribution in [1.29, 1.82) is 0 Å². The fraction of sp³-hybridized carbons (Fsp3) is 0.263. The Morgan fingerprint density at radius 2 is 1.76 bits per heavy atom. The number of hydrogen-bond donors (Lipinski definition) is 0. The number of nitrogens with zero attached hydrogens (tertiary/aromatic N) is 2. The van der Waals surface area contributed by atoms with Crippen molar-refractivity contribution in [2.75, 3.05) is 13.6 Å². The van der Waals surface area contributed by atoms with Gasteiger partial charge in [-0.3, -0.25) is 0 Å². The van der Waals surface area contributed by atoms with Crippen molar-refractivity contribution >= 4 is 10.9 Å². The van der Waals surface area contributed by atoms with E-state index in [1.54, 1.807) is 0 Å². The molecule has 21 heavy (non-hydrogen) atoms. The van der Waals surface area contributed by atoms with Crippen LogP contribution in [0, 0.1) is 0 Å². The quantitative estimate of drug-likeness (QED) is 0.657. The molecular formula is C19H20N2. The number of aromatic nitrogens is 1. The molecule has 3 aromatic rings.